The van der Waals surface area contributed by atoms with Gasteiger partial charge in [0.25, 0.3) is 5.91 Å². The van der Waals surface area contributed by atoms with Crippen LogP contribution in [0.15, 0.2) is 84.9 Å². The van der Waals surface area contributed by atoms with E-state index in [9.17, 15) is 14.0 Å². The molecule has 2 N–H and O–H groups in total. The van der Waals surface area contributed by atoms with Gasteiger partial charge in [-0.25, -0.2) is 4.39 Å². The SMILES string of the molecule is CC(C)C1(c2[nH]c(-c3ccc(F)cc3)c(NC(=O)c3ccccc3)c2-c2ccccc2)OCC(CCCCCC(C)(C)C(=O)C(C)(C)C)CO1. The van der Waals surface area contributed by atoms with Crippen molar-refractivity contribution < 1.29 is 23.5 Å². The Bertz CT molecular complexity index is 1730. The third-order valence-electron chi connectivity index (χ3n) is 9.86. The van der Waals surface area contributed by atoms with Crippen molar-refractivity contribution in [3.63, 3.8) is 0 Å². The van der Waals surface area contributed by atoms with Gasteiger partial charge in [0.15, 0.2) is 0 Å². The number of ketones is 1. The van der Waals surface area contributed by atoms with E-state index in [0.717, 1.165) is 48.8 Å². The van der Waals surface area contributed by atoms with Gasteiger partial charge < -0.3 is 19.8 Å². The normalized spacial score (nSPS) is 18.3. The lowest BCUT2D eigenvalue weighted by molar-refractivity contribution is -0.315. The Balaban J connectivity index is 1.42. The lowest BCUT2D eigenvalue weighted by Gasteiger charge is -2.43. The largest absolute Gasteiger partial charge is 0.352 e. The van der Waals surface area contributed by atoms with Gasteiger partial charge in [-0.15, -0.1) is 0 Å². The molecule has 1 aromatic heterocycles. The van der Waals surface area contributed by atoms with Crippen LogP contribution < -0.4 is 5.32 Å². The van der Waals surface area contributed by atoms with Gasteiger partial charge in [0.05, 0.1) is 30.3 Å². The molecule has 2 heterocycles. The maximum atomic E-state index is 14.1. The number of hydrogen-bond donors (Lipinski definition) is 2. The lowest BCUT2D eigenvalue weighted by atomic mass is 9.72. The molecule has 1 aliphatic rings. The van der Waals surface area contributed by atoms with E-state index in [1.165, 1.54) is 12.1 Å². The van der Waals surface area contributed by atoms with Crippen LogP contribution in [0.2, 0.25) is 0 Å². The molecule has 7 heteroatoms. The van der Waals surface area contributed by atoms with Crippen molar-refractivity contribution in [1.29, 1.82) is 0 Å². The first-order chi connectivity index (χ1) is 23.7. The number of carbonyl (C=O) groups is 2. The van der Waals surface area contributed by atoms with Crippen molar-refractivity contribution >= 4 is 17.4 Å². The molecule has 4 aromatic rings. The summed E-state index contributed by atoms with van der Waals surface area (Å²) in [7, 11) is 0. The Morgan fingerprint density at radius 3 is 2.02 bits per heavy atom. The molecule has 0 atom stereocenters. The van der Waals surface area contributed by atoms with Crippen molar-refractivity contribution in [2.45, 2.75) is 86.4 Å². The third kappa shape index (κ3) is 8.27. The number of Topliss-reactive ketones (excluding diaryl/α,β-unsaturated/α-hetero) is 1. The van der Waals surface area contributed by atoms with Gasteiger partial charge in [0.2, 0.25) is 5.79 Å². The van der Waals surface area contributed by atoms with Gasteiger partial charge in [0, 0.05) is 39.4 Å². The van der Waals surface area contributed by atoms with Crippen molar-refractivity contribution in [1.82, 2.24) is 4.98 Å². The average Bonchev–Trinajstić information content (AvgIpc) is 3.47. The predicted molar refractivity (Wildman–Crippen MR) is 199 cm³/mol. The van der Waals surface area contributed by atoms with E-state index in [1.54, 1.807) is 24.3 Å². The fraction of sp³-hybridized carbons (Fsp3) is 0.442. The van der Waals surface area contributed by atoms with E-state index in [1.807, 2.05) is 69.3 Å². The van der Waals surface area contributed by atoms with Crippen molar-refractivity contribution in [2.75, 3.05) is 18.5 Å². The minimum Gasteiger partial charge on any atom is -0.352 e. The van der Waals surface area contributed by atoms with Crippen LogP contribution >= 0.6 is 0 Å². The molecule has 0 bridgehead atoms. The highest BCUT2D eigenvalue weighted by molar-refractivity contribution is 6.09. The summed E-state index contributed by atoms with van der Waals surface area (Å²) in [5.41, 5.74) is 4.17. The summed E-state index contributed by atoms with van der Waals surface area (Å²) < 4.78 is 27.7. The number of ether oxygens (including phenoxy) is 2. The monoisotopic (exact) mass is 680 g/mol. The van der Waals surface area contributed by atoms with E-state index in [-0.39, 0.29) is 34.4 Å². The maximum absolute atomic E-state index is 14.1. The highest BCUT2D eigenvalue weighted by atomic mass is 19.1. The number of amides is 1. The van der Waals surface area contributed by atoms with Crippen molar-refractivity contribution in [3.05, 3.63) is 102 Å². The van der Waals surface area contributed by atoms with E-state index in [4.69, 9.17) is 9.47 Å². The standard InChI is InChI=1S/C43H53FN2O4/c1-29(2)43(49-27-30(28-50-43)17-11-10-16-26-42(6,7)40(48)41(3,4)5)38-35(31-18-12-8-13-19-31)37(46-39(47)33-20-14-9-15-21-33)36(45-38)32-22-24-34(44)25-23-32/h8-9,12-15,18-25,29-30,45H,10-11,16-17,26-28H2,1-7H3,(H,46,47). The molecule has 266 valence electrons. The number of rotatable bonds is 13. The Morgan fingerprint density at radius 2 is 1.44 bits per heavy atom. The molecule has 3 aromatic carbocycles. The molecule has 0 radical (unpaired) electrons. The minimum absolute atomic E-state index is 0.0918. The number of hydrogen-bond acceptors (Lipinski definition) is 4. The number of aromatic nitrogens is 1. The summed E-state index contributed by atoms with van der Waals surface area (Å²) in [6, 6.07) is 25.2. The molecule has 50 heavy (non-hydrogen) atoms. The van der Waals surface area contributed by atoms with E-state index < -0.39 is 5.79 Å². The van der Waals surface area contributed by atoms with E-state index in [0.29, 0.717) is 41.6 Å². The van der Waals surface area contributed by atoms with Crippen LogP contribution in [0.3, 0.4) is 0 Å². The van der Waals surface area contributed by atoms with Gasteiger partial charge in [-0.3, -0.25) is 9.59 Å². The molecule has 1 fully saturated rings. The number of unbranched alkanes of at least 4 members (excludes halogenated alkanes) is 2. The molecule has 1 aliphatic heterocycles. The first-order valence-electron chi connectivity index (χ1n) is 18.0. The van der Waals surface area contributed by atoms with Crippen LogP contribution in [-0.2, 0) is 20.1 Å². The lowest BCUT2D eigenvalue weighted by Crippen LogP contribution is -2.46. The molecule has 5 rings (SSSR count). The molecular weight excluding hydrogens is 627 g/mol. The number of aromatic amines is 1. The number of nitrogens with one attached hydrogen (secondary N) is 2. The van der Waals surface area contributed by atoms with Crippen LogP contribution in [-0.4, -0.2) is 29.9 Å². The second-order valence-electron chi connectivity index (χ2n) is 15.7. The zero-order valence-electron chi connectivity index (χ0n) is 30.7. The third-order valence-corrected chi connectivity index (χ3v) is 9.86. The number of carbonyl (C=O) groups excluding carboxylic acids is 2. The van der Waals surface area contributed by atoms with Crippen LogP contribution in [0.1, 0.15) is 96.6 Å². The summed E-state index contributed by atoms with van der Waals surface area (Å²) in [4.78, 5) is 30.2. The summed E-state index contributed by atoms with van der Waals surface area (Å²) in [6.45, 7) is 15.3. The maximum Gasteiger partial charge on any atom is 0.255 e. The number of halogens is 1. The van der Waals surface area contributed by atoms with Gasteiger partial charge >= 0.3 is 0 Å². The van der Waals surface area contributed by atoms with Crippen molar-refractivity contribution in [3.8, 4) is 22.4 Å². The fourth-order valence-electron chi connectivity index (χ4n) is 7.20. The molecule has 0 saturated carbocycles. The second-order valence-corrected chi connectivity index (χ2v) is 15.7. The molecule has 0 spiro atoms. The van der Waals surface area contributed by atoms with Crippen molar-refractivity contribution in [2.24, 2.45) is 22.7 Å². The Morgan fingerprint density at radius 1 is 0.840 bits per heavy atom. The average molecular weight is 681 g/mol. The van der Waals surface area contributed by atoms with Crippen LogP contribution in [0.4, 0.5) is 10.1 Å². The molecule has 1 saturated heterocycles. The number of benzene rings is 3. The van der Waals surface area contributed by atoms with E-state index >= 15 is 0 Å². The summed E-state index contributed by atoms with van der Waals surface area (Å²) in [5.74, 6) is -1.27. The highest BCUT2D eigenvalue weighted by Gasteiger charge is 2.46. The summed E-state index contributed by atoms with van der Waals surface area (Å²) in [6.07, 6.45) is 4.94. The Kier molecular flexibility index (Phi) is 11.5. The summed E-state index contributed by atoms with van der Waals surface area (Å²) in [5, 5.41) is 3.20. The highest BCUT2D eigenvalue weighted by Crippen LogP contribution is 2.49. The fourth-order valence-corrected chi connectivity index (χ4v) is 7.20. The van der Waals surface area contributed by atoms with Crippen LogP contribution in [0.25, 0.3) is 22.4 Å². The zero-order valence-corrected chi connectivity index (χ0v) is 30.7. The Hall–Kier alpha value is -4.07. The van der Waals surface area contributed by atoms with Crippen LogP contribution in [0.5, 0.6) is 0 Å². The topological polar surface area (TPSA) is 80.4 Å². The smallest absolute Gasteiger partial charge is 0.255 e. The van der Waals surface area contributed by atoms with Gasteiger partial charge in [-0.2, -0.15) is 0 Å². The predicted octanol–water partition coefficient (Wildman–Crippen LogP) is 10.8. The van der Waals surface area contributed by atoms with Gasteiger partial charge in [-0.1, -0.05) is 116 Å². The molecule has 0 aliphatic carbocycles. The number of anilines is 1. The number of H-pyrrole nitrogens is 1. The quantitative estimate of drug-likeness (QED) is 0.138. The minimum atomic E-state index is -1.12. The second kappa shape index (κ2) is 15.4. The first-order valence-corrected chi connectivity index (χ1v) is 18.0. The van der Waals surface area contributed by atoms with Crippen LogP contribution in [0, 0.1) is 28.5 Å². The molecule has 1 amide bonds. The summed E-state index contributed by atoms with van der Waals surface area (Å²) >= 11 is 0. The first kappa shape index (κ1) is 37.2. The molecule has 6 nitrogen and oxygen atoms in total. The van der Waals surface area contributed by atoms with Gasteiger partial charge in [-0.05, 0) is 54.8 Å². The molecular formula is C43H53FN2O4. The zero-order chi connectivity index (χ0) is 36.1. The van der Waals surface area contributed by atoms with E-state index in [2.05, 4.69) is 38.0 Å². The van der Waals surface area contributed by atoms with Gasteiger partial charge in [0.1, 0.15) is 11.6 Å². The Labute approximate surface area is 297 Å². The molecule has 0 unspecified atom stereocenters.